The number of halogens is 1. The second-order valence-corrected chi connectivity index (χ2v) is 4.87. The van der Waals surface area contributed by atoms with Gasteiger partial charge >= 0.3 is 0 Å². The lowest BCUT2D eigenvalue weighted by molar-refractivity contribution is 0.434. The molecule has 1 aromatic heterocycles. The number of benzene rings is 1. The van der Waals surface area contributed by atoms with Gasteiger partial charge in [-0.15, -0.1) is 0 Å². The van der Waals surface area contributed by atoms with Crippen molar-refractivity contribution < 1.29 is 4.42 Å². The molecule has 96 valence electrons. The van der Waals surface area contributed by atoms with Gasteiger partial charge in [0.25, 0.3) is 0 Å². The first-order chi connectivity index (χ1) is 8.61. The van der Waals surface area contributed by atoms with Gasteiger partial charge in [0.05, 0.1) is 6.04 Å². The molecule has 3 heteroatoms. The Kier molecular flexibility index (Phi) is 4.10. The Bertz CT molecular complexity index is 496. The Hall–Kier alpha value is -1.25. The first-order valence-corrected chi connectivity index (χ1v) is 6.55. The summed E-state index contributed by atoms with van der Waals surface area (Å²) in [5, 5.41) is 4.19. The van der Waals surface area contributed by atoms with Crippen LogP contribution in [0.5, 0.6) is 0 Å². The highest BCUT2D eigenvalue weighted by Gasteiger charge is 2.17. The lowest BCUT2D eigenvalue weighted by atomic mass is 10.0. The molecular formula is C15H18ClNO. The van der Waals surface area contributed by atoms with Crippen LogP contribution in [-0.4, -0.2) is 6.54 Å². The molecule has 1 N–H and O–H groups in total. The van der Waals surface area contributed by atoms with Crippen LogP contribution in [0.2, 0.25) is 5.02 Å². The predicted molar refractivity (Wildman–Crippen MR) is 75.2 cm³/mol. The van der Waals surface area contributed by atoms with Crippen LogP contribution >= 0.6 is 11.6 Å². The van der Waals surface area contributed by atoms with Crippen LogP contribution in [0.4, 0.5) is 0 Å². The lowest BCUT2D eigenvalue weighted by Gasteiger charge is -2.16. The van der Waals surface area contributed by atoms with Crippen molar-refractivity contribution in [3.63, 3.8) is 0 Å². The second-order valence-electron chi connectivity index (χ2n) is 4.43. The van der Waals surface area contributed by atoms with Gasteiger partial charge in [-0.25, -0.2) is 0 Å². The SMILES string of the molecule is CCNC(c1ccc(Cl)cc1)c1cc(C)c(C)o1. The smallest absolute Gasteiger partial charge is 0.125 e. The third kappa shape index (κ3) is 2.77. The van der Waals surface area contributed by atoms with Crippen LogP contribution < -0.4 is 5.32 Å². The second kappa shape index (κ2) is 5.59. The zero-order valence-electron chi connectivity index (χ0n) is 11.0. The summed E-state index contributed by atoms with van der Waals surface area (Å²) in [5.74, 6) is 1.93. The molecule has 0 radical (unpaired) electrons. The Morgan fingerprint density at radius 2 is 1.89 bits per heavy atom. The molecule has 0 spiro atoms. The first-order valence-electron chi connectivity index (χ1n) is 6.17. The van der Waals surface area contributed by atoms with Crippen molar-refractivity contribution in [3.05, 3.63) is 58.0 Å². The van der Waals surface area contributed by atoms with Crippen LogP contribution in [-0.2, 0) is 0 Å². The zero-order valence-corrected chi connectivity index (χ0v) is 11.7. The number of furan rings is 1. The van der Waals surface area contributed by atoms with E-state index in [9.17, 15) is 0 Å². The maximum atomic E-state index is 5.92. The maximum absolute atomic E-state index is 5.92. The van der Waals surface area contributed by atoms with Gasteiger partial charge in [0.2, 0.25) is 0 Å². The average molecular weight is 264 g/mol. The quantitative estimate of drug-likeness (QED) is 0.892. The van der Waals surface area contributed by atoms with E-state index >= 15 is 0 Å². The summed E-state index contributed by atoms with van der Waals surface area (Å²) in [7, 11) is 0. The fourth-order valence-corrected chi connectivity index (χ4v) is 2.11. The molecule has 0 amide bonds. The molecule has 0 aliphatic heterocycles. The van der Waals surface area contributed by atoms with Gasteiger partial charge in [-0.2, -0.15) is 0 Å². The number of aryl methyl sites for hydroxylation is 2. The van der Waals surface area contributed by atoms with Crippen LogP contribution in [0, 0.1) is 13.8 Å². The molecule has 0 aliphatic carbocycles. The minimum absolute atomic E-state index is 0.0830. The van der Waals surface area contributed by atoms with Crippen LogP contribution in [0.15, 0.2) is 34.7 Å². The Labute approximate surface area is 113 Å². The summed E-state index contributed by atoms with van der Waals surface area (Å²) in [4.78, 5) is 0. The van der Waals surface area contributed by atoms with Crippen molar-refractivity contribution in [2.24, 2.45) is 0 Å². The molecule has 1 unspecified atom stereocenters. The normalized spacial score (nSPS) is 12.7. The Morgan fingerprint density at radius 3 is 2.39 bits per heavy atom. The van der Waals surface area contributed by atoms with Crippen LogP contribution in [0.3, 0.4) is 0 Å². The maximum Gasteiger partial charge on any atom is 0.125 e. The minimum atomic E-state index is 0.0830. The van der Waals surface area contributed by atoms with Crippen molar-refractivity contribution >= 4 is 11.6 Å². The van der Waals surface area contributed by atoms with E-state index in [-0.39, 0.29) is 6.04 Å². The van der Waals surface area contributed by atoms with E-state index in [0.717, 1.165) is 28.7 Å². The third-order valence-corrected chi connectivity index (χ3v) is 3.33. The number of hydrogen-bond acceptors (Lipinski definition) is 2. The molecule has 18 heavy (non-hydrogen) atoms. The van der Waals surface area contributed by atoms with Gasteiger partial charge < -0.3 is 9.73 Å². The van der Waals surface area contributed by atoms with Crippen molar-refractivity contribution in [3.8, 4) is 0 Å². The molecule has 1 aromatic carbocycles. The van der Waals surface area contributed by atoms with Gasteiger partial charge in [-0.1, -0.05) is 30.7 Å². The molecular weight excluding hydrogens is 246 g/mol. The monoisotopic (exact) mass is 263 g/mol. The molecule has 1 heterocycles. The zero-order chi connectivity index (χ0) is 13.1. The largest absolute Gasteiger partial charge is 0.464 e. The molecule has 0 saturated heterocycles. The van der Waals surface area contributed by atoms with Gasteiger partial charge in [0.1, 0.15) is 11.5 Å². The van der Waals surface area contributed by atoms with Gasteiger partial charge in [-0.3, -0.25) is 0 Å². The van der Waals surface area contributed by atoms with E-state index in [4.69, 9.17) is 16.0 Å². The van der Waals surface area contributed by atoms with Crippen LogP contribution in [0.25, 0.3) is 0 Å². The fraction of sp³-hybridized carbons (Fsp3) is 0.333. The van der Waals surface area contributed by atoms with E-state index in [2.05, 4.69) is 25.2 Å². The van der Waals surface area contributed by atoms with E-state index in [1.165, 1.54) is 5.56 Å². The van der Waals surface area contributed by atoms with Crippen molar-refractivity contribution in [1.29, 1.82) is 0 Å². The first kappa shape index (κ1) is 13.2. The molecule has 0 aliphatic rings. The predicted octanol–water partition coefficient (Wildman–Crippen LogP) is 4.25. The lowest BCUT2D eigenvalue weighted by Crippen LogP contribution is -2.21. The minimum Gasteiger partial charge on any atom is -0.464 e. The third-order valence-electron chi connectivity index (χ3n) is 3.08. The van der Waals surface area contributed by atoms with E-state index in [1.807, 2.05) is 31.2 Å². The number of rotatable bonds is 4. The summed E-state index contributed by atoms with van der Waals surface area (Å²) in [6.45, 7) is 7.02. The summed E-state index contributed by atoms with van der Waals surface area (Å²) >= 11 is 5.92. The van der Waals surface area contributed by atoms with Gasteiger partial charge in [-0.05, 0) is 49.7 Å². The summed E-state index contributed by atoms with van der Waals surface area (Å²) in [6, 6.07) is 10.1. The molecule has 1 atom stereocenters. The molecule has 2 aromatic rings. The summed E-state index contributed by atoms with van der Waals surface area (Å²) in [5.41, 5.74) is 2.34. The average Bonchev–Trinajstić information content (AvgIpc) is 2.68. The molecule has 2 rings (SSSR count). The van der Waals surface area contributed by atoms with E-state index in [1.54, 1.807) is 0 Å². The molecule has 0 bridgehead atoms. The number of nitrogens with one attached hydrogen (secondary N) is 1. The summed E-state index contributed by atoms with van der Waals surface area (Å²) in [6.07, 6.45) is 0. The highest BCUT2D eigenvalue weighted by Crippen LogP contribution is 2.26. The van der Waals surface area contributed by atoms with E-state index in [0.29, 0.717) is 0 Å². The Morgan fingerprint density at radius 1 is 1.22 bits per heavy atom. The topological polar surface area (TPSA) is 25.2 Å². The molecule has 2 nitrogen and oxygen atoms in total. The Balaban J connectivity index is 2.36. The highest BCUT2D eigenvalue weighted by atomic mass is 35.5. The van der Waals surface area contributed by atoms with Gasteiger partial charge in [0, 0.05) is 5.02 Å². The number of hydrogen-bond donors (Lipinski definition) is 1. The molecule has 0 fully saturated rings. The summed E-state index contributed by atoms with van der Waals surface area (Å²) < 4.78 is 5.82. The fourth-order valence-electron chi connectivity index (χ4n) is 1.99. The van der Waals surface area contributed by atoms with Crippen molar-refractivity contribution in [2.45, 2.75) is 26.8 Å². The van der Waals surface area contributed by atoms with Crippen LogP contribution in [0.1, 0.15) is 35.6 Å². The van der Waals surface area contributed by atoms with Gasteiger partial charge in [0.15, 0.2) is 0 Å². The molecule has 0 saturated carbocycles. The highest BCUT2D eigenvalue weighted by molar-refractivity contribution is 6.30. The van der Waals surface area contributed by atoms with E-state index < -0.39 is 0 Å². The standard InChI is InChI=1S/C15H18ClNO/c1-4-17-15(12-5-7-13(16)8-6-12)14-9-10(2)11(3)18-14/h5-9,15,17H,4H2,1-3H3. The van der Waals surface area contributed by atoms with Crippen molar-refractivity contribution in [2.75, 3.05) is 6.54 Å². The van der Waals surface area contributed by atoms with Crippen molar-refractivity contribution in [1.82, 2.24) is 5.32 Å².